The van der Waals surface area contributed by atoms with Gasteiger partial charge in [-0.1, -0.05) is 43.0 Å². The van der Waals surface area contributed by atoms with Gasteiger partial charge in [0.25, 0.3) is 0 Å². The van der Waals surface area contributed by atoms with Crippen molar-refractivity contribution in [1.82, 2.24) is 34.7 Å². The minimum Gasteiger partial charge on any atom is -0.379 e. The molecule has 0 aliphatic carbocycles. The van der Waals surface area contributed by atoms with Crippen molar-refractivity contribution in [3.05, 3.63) is 54.6 Å². The standard InChI is InChI=1S/C33H57N3O7S.C24H49N3O7S.C22H42N2O7/c1-2-31-4-6-32(7-5-31)28-34-8-27-44-26-3-15-41-29-33-30-42-20-13-35-9-16-37-22-24-39-18-11-36(14-21-43-33)12-19-40-25-23-38-17-10-35;25-2-21-35-20-1-9-32-22-24-23-33-14-7-26-3-10-28-16-18-30-12-5-27(8-15-34-24)6-13-31-19-17-29-11-4-26;1-2-9-29-20-22-21-30-14-7-23-3-10-25-16-18-27-12-5-24(8-15-31-22)6-13-28-19-17-26-11-4-23/h2,4-7,33-34H,1,3,8-30H2;24H,1-23,25H2;2,22H,1,3-21H2. The molecule has 29 nitrogen and oxygen atoms in total. The number of nitrogens with zero attached hydrogens (tertiary/aromatic N) is 6. The first-order valence-corrected chi connectivity index (χ1v) is 43.4. The summed E-state index contributed by atoms with van der Waals surface area (Å²) in [5, 5.41) is 3.52. The topological polar surface area (TPSA) is 251 Å². The lowest BCUT2D eigenvalue weighted by molar-refractivity contribution is -0.0699. The first-order valence-electron chi connectivity index (χ1n) is 41.1. The van der Waals surface area contributed by atoms with E-state index < -0.39 is 0 Å². The fourth-order valence-electron chi connectivity index (χ4n) is 11.6. The number of thioether (sulfide) groups is 2. The maximum atomic E-state index is 6.29. The summed E-state index contributed by atoms with van der Waals surface area (Å²) in [7, 11) is 0. The molecule has 9 heterocycles. The van der Waals surface area contributed by atoms with E-state index in [-0.39, 0.29) is 18.3 Å². The molecule has 9 aliphatic rings. The van der Waals surface area contributed by atoms with Gasteiger partial charge in [-0.3, -0.25) is 29.4 Å². The minimum absolute atomic E-state index is 0.0843. The van der Waals surface area contributed by atoms with Crippen LogP contribution in [0.4, 0.5) is 0 Å². The van der Waals surface area contributed by atoms with Crippen molar-refractivity contribution in [2.24, 2.45) is 5.73 Å². The Hall–Kier alpha value is -1.76. The number of nitrogens with two attached hydrogens (primary N) is 1. The van der Waals surface area contributed by atoms with Crippen molar-refractivity contribution < 1.29 is 99.5 Å². The fraction of sp³-hybridized carbons (Fsp3) is 0.873. The molecule has 642 valence electrons. The SMILES string of the molecule is C=CCOCC1COCCN2CCOCCOCCN(CCOCCOCC2)CCO1.C=Cc1ccc(CNCCSCCCOCC2COCCN3CCOCCOCCN(CCOCCOCC3)CCO2)cc1.NCCSCCCOCC1COCCN2CCOCCOCCN(CCOCCOCC2)CCO1. The number of nitrogens with one attached hydrogen (secondary N) is 1. The van der Waals surface area contributed by atoms with E-state index in [1.54, 1.807) is 6.08 Å². The molecule has 10 rings (SSSR count). The Kier molecular flexibility index (Phi) is 67.2. The zero-order valence-corrected chi connectivity index (χ0v) is 69.1. The van der Waals surface area contributed by atoms with Crippen LogP contribution in [-0.2, 0) is 106 Å². The van der Waals surface area contributed by atoms with E-state index in [1.165, 1.54) is 5.56 Å². The van der Waals surface area contributed by atoms with Crippen molar-refractivity contribution in [2.45, 2.75) is 37.7 Å². The van der Waals surface area contributed by atoms with E-state index in [2.05, 4.69) is 72.1 Å². The molecule has 9 fully saturated rings. The Morgan fingerprint density at radius 1 is 0.345 bits per heavy atom. The van der Waals surface area contributed by atoms with Gasteiger partial charge in [0.15, 0.2) is 0 Å². The molecule has 9 saturated heterocycles. The van der Waals surface area contributed by atoms with Crippen molar-refractivity contribution in [3.8, 4) is 0 Å². The van der Waals surface area contributed by atoms with Crippen LogP contribution < -0.4 is 11.1 Å². The first kappa shape index (κ1) is 98.8. The molecule has 110 heavy (non-hydrogen) atoms. The number of hydrogen-bond donors (Lipinski definition) is 2. The molecular formula is C79H148N8O21S2. The molecule has 3 unspecified atom stereocenters. The lowest BCUT2D eigenvalue weighted by atomic mass is 10.1. The summed E-state index contributed by atoms with van der Waals surface area (Å²) in [4.78, 5) is 13.9. The lowest BCUT2D eigenvalue weighted by Gasteiger charge is -2.26. The van der Waals surface area contributed by atoms with Gasteiger partial charge in [-0.2, -0.15) is 23.5 Å². The number of fused-ring (bicyclic) bond motifs is 63. The van der Waals surface area contributed by atoms with Crippen molar-refractivity contribution >= 4 is 29.6 Å². The Bertz CT molecular complexity index is 2110. The van der Waals surface area contributed by atoms with Crippen LogP contribution in [0.15, 0.2) is 43.5 Å². The maximum absolute atomic E-state index is 6.29. The fourth-order valence-corrected chi connectivity index (χ4v) is 13.2. The Balaban J connectivity index is 0.000000301. The van der Waals surface area contributed by atoms with E-state index in [0.29, 0.717) is 244 Å². The third-order valence-corrected chi connectivity index (χ3v) is 20.4. The van der Waals surface area contributed by atoms with E-state index in [0.717, 1.165) is 192 Å². The average Bonchev–Trinajstić information content (AvgIpc) is 0.940. The molecule has 1 aromatic rings. The highest BCUT2D eigenvalue weighted by atomic mass is 32.2. The molecule has 9 aliphatic heterocycles. The van der Waals surface area contributed by atoms with Gasteiger partial charge in [-0.15, -0.1) is 6.58 Å². The molecule has 0 saturated carbocycles. The summed E-state index contributed by atoms with van der Waals surface area (Å²) in [6.07, 6.45) is 5.37. The molecule has 3 N–H and O–H groups in total. The van der Waals surface area contributed by atoms with E-state index in [1.807, 2.05) is 29.6 Å². The molecule has 31 heteroatoms. The molecular weight excluding hydrogens is 1460 g/mol. The van der Waals surface area contributed by atoms with Gasteiger partial charge in [-0.25, -0.2) is 0 Å². The highest BCUT2D eigenvalue weighted by Crippen LogP contribution is 2.10. The zero-order chi connectivity index (χ0) is 77.2. The normalized spacial score (nSPS) is 27.0. The Morgan fingerprint density at radius 3 is 0.900 bits per heavy atom. The van der Waals surface area contributed by atoms with E-state index >= 15 is 0 Å². The summed E-state index contributed by atoms with van der Waals surface area (Å²) in [5.74, 6) is 4.25. The average molecular weight is 1610 g/mol. The highest BCUT2D eigenvalue weighted by Gasteiger charge is 2.19. The van der Waals surface area contributed by atoms with Crippen LogP contribution >= 0.6 is 23.5 Å². The molecule has 3 atom stereocenters. The van der Waals surface area contributed by atoms with Crippen LogP contribution in [0, 0.1) is 0 Å². The summed E-state index contributed by atoms with van der Waals surface area (Å²) in [6.45, 7) is 49.0. The number of rotatable bonds is 24. The van der Waals surface area contributed by atoms with E-state index in [4.69, 9.17) is 105 Å². The largest absolute Gasteiger partial charge is 0.379 e. The van der Waals surface area contributed by atoms with Crippen molar-refractivity contribution in [3.63, 3.8) is 0 Å². The smallest absolute Gasteiger partial charge is 0.104 e. The van der Waals surface area contributed by atoms with Gasteiger partial charge in [0.1, 0.15) is 18.3 Å². The summed E-state index contributed by atoms with van der Waals surface area (Å²) >= 11 is 3.83. The molecule has 1 aromatic carbocycles. The second-order valence-corrected chi connectivity index (χ2v) is 29.4. The summed E-state index contributed by atoms with van der Waals surface area (Å²) in [5.41, 5.74) is 8.00. The molecule has 0 aromatic heterocycles. The maximum Gasteiger partial charge on any atom is 0.104 e. The van der Waals surface area contributed by atoms with Gasteiger partial charge in [-0.05, 0) is 35.5 Å². The molecule has 0 spiro atoms. The lowest BCUT2D eigenvalue weighted by Crippen LogP contribution is -2.38. The van der Waals surface area contributed by atoms with Crippen LogP contribution in [0.1, 0.15) is 24.0 Å². The van der Waals surface area contributed by atoms with Crippen LogP contribution in [-0.4, -0.2) is 459 Å². The minimum atomic E-state index is -0.104. The van der Waals surface area contributed by atoms with Gasteiger partial charge in [0, 0.05) is 162 Å². The first-order chi connectivity index (χ1) is 54.6. The number of ether oxygens (including phenoxy) is 21. The second-order valence-electron chi connectivity index (χ2n) is 26.9. The predicted octanol–water partition coefficient (Wildman–Crippen LogP) is 3.13. The monoisotopic (exact) mass is 1610 g/mol. The molecule has 6 bridgehead atoms. The molecule has 0 radical (unpaired) electrons. The van der Waals surface area contributed by atoms with Crippen LogP contribution in [0.2, 0.25) is 0 Å². The van der Waals surface area contributed by atoms with Gasteiger partial charge in [0.05, 0.1) is 244 Å². The predicted molar refractivity (Wildman–Crippen MR) is 434 cm³/mol. The van der Waals surface area contributed by atoms with Crippen molar-refractivity contribution in [1.29, 1.82) is 0 Å². The summed E-state index contributed by atoms with van der Waals surface area (Å²) < 4.78 is 124. The third-order valence-electron chi connectivity index (χ3n) is 18.2. The quantitative estimate of drug-likeness (QED) is 0.111. The summed E-state index contributed by atoms with van der Waals surface area (Å²) in [6, 6.07) is 8.52. The van der Waals surface area contributed by atoms with Gasteiger partial charge >= 0.3 is 0 Å². The zero-order valence-electron chi connectivity index (χ0n) is 67.4. The Labute approximate surface area is 670 Å². The van der Waals surface area contributed by atoms with Crippen LogP contribution in [0.3, 0.4) is 0 Å². The Morgan fingerprint density at radius 2 is 0.618 bits per heavy atom. The van der Waals surface area contributed by atoms with Crippen LogP contribution in [0.25, 0.3) is 6.08 Å². The van der Waals surface area contributed by atoms with Gasteiger partial charge in [0.2, 0.25) is 0 Å². The van der Waals surface area contributed by atoms with Gasteiger partial charge < -0.3 is 111 Å². The number of benzene rings is 1. The number of hydrogen-bond acceptors (Lipinski definition) is 31. The van der Waals surface area contributed by atoms with Crippen molar-refractivity contribution in [2.75, 3.05) is 412 Å². The molecule has 0 amide bonds. The third kappa shape index (κ3) is 58.2. The van der Waals surface area contributed by atoms with Crippen LogP contribution in [0.5, 0.6) is 0 Å². The highest BCUT2D eigenvalue weighted by molar-refractivity contribution is 7.99. The second kappa shape index (κ2) is 74.8. The van der Waals surface area contributed by atoms with E-state index in [9.17, 15) is 0 Å².